The minimum absolute atomic E-state index is 0.0375. The fraction of sp³-hybridized carbons (Fsp3) is 0.814. The van der Waals surface area contributed by atoms with E-state index in [1.807, 2.05) is 21.1 Å². The predicted molar refractivity (Wildman–Crippen MR) is 217 cm³/mol. The normalized spacial score (nSPS) is 14.0. The van der Waals surface area contributed by atoms with Crippen LogP contribution in [0.15, 0.2) is 36.5 Å². The van der Waals surface area contributed by atoms with Gasteiger partial charge in [-0.3, -0.25) is 14.2 Å². The van der Waals surface area contributed by atoms with E-state index in [2.05, 4.69) is 50.3 Å². The number of phosphoric ester groups is 1. The Labute approximate surface area is 325 Å². The highest BCUT2D eigenvalue weighted by atomic mass is 31.2. The average molecular weight is 770 g/mol. The zero-order valence-corrected chi connectivity index (χ0v) is 35.6. The molecule has 0 aliphatic heterocycles. The lowest BCUT2D eigenvalue weighted by molar-refractivity contribution is -0.870. The smallest absolute Gasteiger partial charge is 0.306 e. The number of quaternary nitrogens is 1. The van der Waals surface area contributed by atoms with Gasteiger partial charge in [0.1, 0.15) is 19.8 Å². The van der Waals surface area contributed by atoms with Crippen LogP contribution in [0.4, 0.5) is 0 Å². The van der Waals surface area contributed by atoms with Crippen LogP contribution < -0.4 is 4.89 Å². The van der Waals surface area contributed by atoms with Crippen molar-refractivity contribution in [1.82, 2.24) is 0 Å². The summed E-state index contributed by atoms with van der Waals surface area (Å²) in [5.41, 5.74) is 0. The SMILES string of the molecule is CCCCC/C=C/C/C=C/C/C=C/CCCCC(=O)O[C@H](COC(=O)CCCCCCCCCCCCCCCC)COP(=O)([O-])OCC[N+](C)(C)C. The number of unbranched alkanes of at least 4 members (excludes halogenated alkanes) is 18. The number of likely N-dealkylation sites (N-methyl/N-ethyl adjacent to an activating group) is 1. The first-order valence-electron chi connectivity index (χ1n) is 21.2. The molecule has 0 N–H and O–H groups in total. The first-order chi connectivity index (χ1) is 25.5. The average Bonchev–Trinajstić information content (AvgIpc) is 3.10. The van der Waals surface area contributed by atoms with Crippen molar-refractivity contribution in [2.75, 3.05) is 47.5 Å². The molecule has 0 heterocycles. The number of nitrogens with zero attached hydrogens (tertiary/aromatic N) is 1. The van der Waals surface area contributed by atoms with Crippen molar-refractivity contribution < 1.29 is 42.1 Å². The molecule has 0 amide bonds. The molecule has 0 bridgehead atoms. The number of carbonyl (C=O) groups excluding carboxylic acids is 2. The number of rotatable bonds is 38. The molecular weight excluding hydrogens is 689 g/mol. The quantitative estimate of drug-likeness (QED) is 0.0201. The maximum Gasteiger partial charge on any atom is 0.306 e. The Kier molecular flexibility index (Phi) is 34.7. The van der Waals surface area contributed by atoms with Crippen molar-refractivity contribution >= 4 is 19.8 Å². The molecule has 0 spiro atoms. The zero-order valence-electron chi connectivity index (χ0n) is 34.7. The van der Waals surface area contributed by atoms with E-state index in [9.17, 15) is 19.0 Å². The Bertz CT molecular complexity index is 1010. The second-order valence-electron chi connectivity index (χ2n) is 15.4. The second-order valence-corrected chi connectivity index (χ2v) is 16.8. The van der Waals surface area contributed by atoms with E-state index in [4.69, 9.17) is 18.5 Å². The van der Waals surface area contributed by atoms with Gasteiger partial charge in [-0.25, -0.2) is 0 Å². The predicted octanol–water partition coefficient (Wildman–Crippen LogP) is 11.1. The standard InChI is InChI=1S/C43H80NO8P/c1-6-8-10-12-14-16-18-20-22-24-26-28-30-32-34-36-43(46)52-41(40-51-53(47,48)50-38-37-44(3,4)5)39-49-42(45)35-33-31-29-27-25-23-21-19-17-15-13-11-9-7-2/h14,16,20,22,26,28,41H,6-13,15,17-19,21,23-25,27,29-40H2,1-5H3/b16-14+,22-20+,28-26+/t41-/m1/s1. The van der Waals surface area contributed by atoms with Gasteiger partial charge in [0, 0.05) is 12.8 Å². The van der Waals surface area contributed by atoms with Gasteiger partial charge in [0.25, 0.3) is 7.82 Å². The molecule has 0 saturated heterocycles. The third kappa shape index (κ3) is 39.7. The van der Waals surface area contributed by atoms with Gasteiger partial charge in [-0.1, -0.05) is 147 Å². The largest absolute Gasteiger partial charge is 0.756 e. The van der Waals surface area contributed by atoms with Crippen molar-refractivity contribution in [3.8, 4) is 0 Å². The van der Waals surface area contributed by atoms with Gasteiger partial charge in [0.15, 0.2) is 6.10 Å². The molecule has 0 aliphatic carbocycles. The van der Waals surface area contributed by atoms with E-state index < -0.39 is 32.5 Å². The molecule has 0 aromatic rings. The number of ether oxygens (including phenoxy) is 2. The first-order valence-corrected chi connectivity index (χ1v) is 22.7. The molecule has 53 heavy (non-hydrogen) atoms. The number of hydrogen-bond donors (Lipinski definition) is 0. The van der Waals surface area contributed by atoms with Gasteiger partial charge in [-0.2, -0.15) is 0 Å². The highest BCUT2D eigenvalue weighted by Crippen LogP contribution is 2.38. The Balaban J connectivity index is 4.45. The van der Waals surface area contributed by atoms with Gasteiger partial charge in [-0.15, -0.1) is 0 Å². The molecule has 1 unspecified atom stereocenters. The van der Waals surface area contributed by atoms with Crippen LogP contribution in [0, 0.1) is 0 Å². The van der Waals surface area contributed by atoms with Crippen molar-refractivity contribution in [2.45, 2.75) is 180 Å². The first kappa shape index (κ1) is 51.2. The summed E-state index contributed by atoms with van der Waals surface area (Å²) in [4.78, 5) is 37.4. The summed E-state index contributed by atoms with van der Waals surface area (Å²) in [6.45, 7) is 4.15. The lowest BCUT2D eigenvalue weighted by Gasteiger charge is -2.28. The molecule has 10 heteroatoms. The van der Waals surface area contributed by atoms with E-state index in [0.29, 0.717) is 17.4 Å². The second kappa shape index (κ2) is 35.9. The Hall–Kier alpha value is -1.77. The fourth-order valence-corrected chi connectivity index (χ4v) is 6.27. The fourth-order valence-electron chi connectivity index (χ4n) is 5.54. The van der Waals surface area contributed by atoms with E-state index in [-0.39, 0.29) is 26.1 Å². The molecule has 9 nitrogen and oxygen atoms in total. The van der Waals surface area contributed by atoms with Gasteiger partial charge >= 0.3 is 11.9 Å². The summed E-state index contributed by atoms with van der Waals surface area (Å²) in [5, 5.41) is 0. The summed E-state index contributed by atoms with van der Waals surface area (Å²) < 4.78 is 33.8. The highest BCUT2D eigenvalue weighted by molar-refractivity contribution is 7.45. The van der Waals surface area contributed by atoms with E-state index >= 15 is 0 Å². The van der Waals surface area contributed by atoms with Gasteiger partial charge < -0.3 is 27.9 Å². The molecule has 0 rings (SSSR count). The van der Waals surface area contributed by atoms with Crippen LogP contribution in [0.3, 0.4) is 0 Å². The van der Waals surface area contributed by atoms with Crippen LogP contribution in [-0.4, -0.2) is 70.0 Å². The van der Waals surface area contributed by atoms with Gasteiger partial charge in [0.05, 0.1) is 27.7 Å². The summed E-state index contributed by atoms with van der Waals surface area (Å²) in [6, 6.07) is 0. The van der Waals surface area contributed by atoms with Gasteiger partial charge in [0.2, 0.25) is 0 Å². The number of hydrogen-bond acceptors (Lipinski definition) is 8. The molecule has 0 aromatic heterocycles. The maximum absolute atomic E-state index is 12.6. The van der Waals surface area contributed by atoms with E-state index in [1.165, 1.54) is 89.9 Å². The van der Waals surface area contributed by atoms with Crippen LogP contribution in [0.1, 0.15) is 174 Å². The number of esters is 2. The van der Waals surface area contributed by atoms with Crippen molar-refractivity contribution in [2.24, 2.45) is 0 Å². The zero-order chi connectivity index (χ0) is 39.3. The minimum atomic E-state index is -4.63. The molecule has 310 valence electrons. The van der Waals surface area contributed by atoms with Crippen LogP contribution >= 0.6 is 7.82 Å². The van der Waals surface area contributed by atoms with Crippen molar-refractivity contribution in [1.29, 1.82) is 0 Å². The highest BCUT2D eigenvalue weighted by Gasteiger charge is 2.21. The lowest BCUT2D eigenvalue weighted by Crippen LogP contribution is -2.37. The molecule has 0 radical (unpaired) electrons. The number of phosphoric acid groups is 1. The monoisotopic (exact) mass is 770 g/mol. The molecule has 2 atom stereocenters. The van der Waals surface area contributed by atoms with Crippen LogP contribution in [0.5, 0.6) is 0 Å². The Morgan fingerprint density at radius 1 is 0.585 bits per heavy atom. The van der Waals surface area contributed by atoms with E-state index in [1.54, 1.807) is 0 Å². The minimum Gasteiger partial charge on any atom is -0.756 e. The number of allylic oxidation sites excluding steroid dienone is 6. The third-order valence-corrected chi connectivity index (χ3v) is 9.88. The summed E-state index contributed by atoms with van der Waals surface area (Å²) in [7, 11) is 1.14. The lowest BCUT2D eigenvalue weighted by atomic mass is 10.0. The summed E-state index contributed by atoms with van der Waals surface area (Å²) >= 11 is 0. The van der Waals surface area contributed by atoms with Crippen LogP contribution in [0.25, 0.3) is 0 Å². The molecule has 0 saturated carbocycles. The molecular formula is C43H80NO8P. The van der Waals surface area contributed by atoms with Crippen LogP contribution in [-0.2, 0) is 32.7 Å². The topological polar surface area (TPSA) is 111 Å². The third-order valence-electron chi connectivity index (χ3n) is 8.91. The Morgan fingerprint density at radius 2 is 1.02 bits per heavy atom. The van der Waals surface area contributed by atoms with Gasteiger partial charge in [-0.05, 0) is 51.4 Å². The van der Waals surface area contributed by atoms with Crippen molar-refractivity contribution in [3.05, 3.63) is 36.5 Å². The molecule has 0 aromatic carbocycles. The number of carbonyl (C=O) groups is 2. The Morgan fingerprint density at radius 3 is 1.55 bits per heavy atom. The summed E-state index contributed by atoms with van der Waals surface area (Å²) in [5.74, 6) is -0.877. The molecule has 0 aliphatic rings. The maximum atomic E-state index is 12.6. The van der Waals surface area contributed by atoms with Crippen molar-refractivity contribution in [3.63, 3.8) is 0 Å². The molecule has 0 fully saturated rings. The van der Waals surface area contributed by atoms with E-state index in [0.717, 1.165) is 51.4 Å². The van der Waals surface area contributed by atoms with Crippen LogP contribution in [0.2, 0.25) is 0 Å². The summed E-state index contributed by atoms with van der Waals surface area (Å²) in [6.07, 6.45) is 38.8.